The maximum Gasteiger partial charge on any atom is 0.313 e. The third kappa shape index (κ3) is 2.13. The fourth-order valence-electron chi connectivity index (χ4n) is 1.63. The van der Waals surface area contributed by atoms with Gasteiger partial charge in [-0.25, -0.2) is 0 Å². The van der Waals surface area contributed by atoms with E-state index in [-0.39, 0.29) is 11.9 Å². The maximum absolute atomic E-state index is 11.3. The Morgan fingerprint density at radius 2 is 1.86 bits per heavy atom. The highest BCUT2D eigenvalue weighted by Crippen LogP contribution is 2.26. The highest BCUT2D eigenvalue weighted by molar-refractivity contribution is 5.83. The molecule has 0 fully saturated rings. The van der Waals surface area contributed by atoms with Crippen LogP contribution in [0, 0.1) is 11.8 Å². The number of hydrogen-bond donors (Lipinski definition) is 0. The normalized spacial score (nSPS) is 25.6. The van der Waals surface area contributed by atoms with Crippen LogP contribution in [0.1, 0.15) is 12.8 Å². The molecule has 0 aromatic rings. The molecule has 0 N–H and O–H groups in total. The highest BCUT2D eigenvalue weighted by atomic mass is 16.5. The number of hydrogen-bond acceptors (Lipinski definition) is 4. The quantitative estimate of drug-likeness (QED) is 0.489. The second-order valence-electron chi connectivity index (χ2n) is 3.18. The lowest BCUT2D eigenvalue weighted by atomic mass is 9.84. The molecule has 0 radical (unpaired) electrons. The number of allylic oxidation sites excluding steroid dienone is 1. The van der Waals surface area contributed by atoms with Gasteiger partial charge in [-0.2, -0.15) is 0 Å². The summed E-state index contributed by atoms with van der Waals surface area (Å²) in [6, 6.07) is 0. The van der Waals surface area contributed by atoms with E-state index in [0.717, 1.165) is 6.42 Å². The molecule has 0 aliphatic heterocycles. The summed E-state index contributed by atoms with van der Waals surface area (Å²) in [5.41, 5.74) is 0. The molecule has 2 unspecified atom stereocenters. The molecule has 0 spiro atoms. The Morgan fingerprint density at radius 1 is 1.21 bits per heavy atom. The van der Waals surface area contributed by atoms with Gasteiger partial charge in [-0.15, -0.1) is 0 Å². The molecule has 1 aliphatic carbocycles. The molecule has 4 nitrogen and oxygen atoms in total. The summed E-state index contributed by atoms with van der Waals surface area (Å²) in [5, 5.41) is 0. The predicted octanol–water partition coefficient (Wildman–Crippen LogP) is 0.915. The van der Waals surface area contributed by atoms with Gasteiger partial charge in [-0.3, -0.25) is 9.59 Å². The molecule has 0 aromatic heterocycles. The summed E-state index contributed by atoms with van der Waals surface area (Å²) in [4.78, 5) is 22.7. The zero-order chi connectivity index (χ0) is 10.6. The van der Waals surface area contributed by atoms with E-state index in [2.05, 4.69) is 9.47 Å². The van der Waals surface area contributed by atoms with Crippen LogP contribution in [-0.4, -0.2) is 26.2 Å². The highest BCUT2D eigenvalue weighted by Gasteiger charge is 2.34. The molecule has 1 rings (SSSR count). The van der Waals surface area contributed by atoms with Crippen LogP contribution in [0.25, 0.3) is 0 Å². The van der Waals surface area contributed by atoms with Crippen LogP contribution in [0.4, 0.5) is 0 Å². The lowest BCUT2D eigenvalue weighted by molar-refractivity contribution is -0.156. The number of carbonyl (C=O) groups is 2. The zero-order valence-corrected chi connectivity index (χ0v) is 8.36. The maximum atomic E-state index is 11.3. The van der Waals surface area contributed by atoms with Crippen LogP contribution >= 0.6 is 0 Å². The summed E-state index contributed by atoms with van der Waals surface area (Å²) in [6.45, 7) is 0. The first-order chi connectivity index (χ1) is 6.70. The van der Waals surface area contributed by atoms with Crippen LogP contribution in [0.2, 0.25) is 0 Å². The molecular weight excluding hydrogens is 184 g/mol. The van der Waals surface area contributed by atoms with Crippen LogP contribution in [-0.2, 0) is 19.1 Å². The summed E-state index contributed by atoms with van der Waals surface area (Å²) < 4.78 is 9.25. The van der Waals surface area contributed by atoms with Crippen molar-refractivity contribution in [3.63, 3.8) is 0 Å². The van der Waals surface area contributed by atoms with Gasteiger partial charge in [-0.1, -0.05) is 12.2 Å². The monoisotopic (exact) mass is 198 g/mol. The van der Waals surface area contributed by atoms with Crippen molar-refractivity contribution in [3.05, 3.63) is 12.2 Å². The SMILES string of the molecule is COC(=O)C1C=CCCC1C(=O)OC. The molecule has 0 bridgehead atoms. The van der Waals surface area contributed by atoms with Crippen LogP contribution in [0.15, 0.2) is 12.2 Å². The Balaban J connectivity index is 2.77. The van der Waals surface area contributed by atoms with Gasteiger partial charge in [0.1, 0.15) is 0 Å². The van der Waals surface area contributed by atoms with Gasteiger partial charge in [0.25, 0.3) is 0 Å². The van der Waals surface area contributed by atoms with Crippen molar-refractivity contribution in [3.8, 4) is 0 Å². The Labute approximate surface area is 82.9 Å². The van der Waals surface area contributed by atoms with Gasteiger partial charge in [0, 0.05) is 0 Å². The van der Waals surface area contributed by atoms with Crippen molar-refractivity contribution >= 4 is 11.9 Å². The van der Waals surface area contributed by atoms with Gasteiger partial charge in [-0.05, 0) is 12.8 Å². The number of rotatable bonds is 2. The number of methoxy groups -OCH3 is 2. The van der Waals surface area contributed by atoms with Crippen molar-refractivity contribution in [1.29, 1.82) is 0 Å². The van der Waals surface area contributed by atoms with E-state index in [4.69, 9.17) is 0 Å². The smallest absolute Gasteiger partial charge is 0.313 e. The molecule has 78 valence electrons. The molecule has 0 aromatic carbocycles. The third-order valence-electron chi connectivity index (χ3n) is 2.40. The fourth-order valence-corrected chi connectivity index (χ4v) is 1.63. The predicted molar refractivity (Wildman–Crippen MR) is 49.4 cm³/mol. The average Bonchev–Trinajstić information content (AvgIpc) is 2.27. The van der Waals surface area contributed by atoms with Crippen molar-refractivity contribution in [2.75, 3.05) is 14.2 Å². The molecule has 1 aliphatic rings. The van der Waals surface area contributed by atoms with Gasteiger partial charge < -0.3 is 9.47 Å². The standard InChI is InChI=1S/C10H14O4/c1-13-9(11)7-5-3-4-6-8(7)10(12)14-2/h3,5,7-8H,4,6H2,1-2H3. The molecule has 0 saturated carbocycles. The third-order valence-corrected chi connectivity index (χ3v) is 2.40. The minimum Gasteiger partial charge on any atom is -0.469 e. The summed E-state index contributed by atoms with van der Waals surface area (Å²) in [5.74, 6) is -1.60. The molecular formula is C10H14O4. The summed E-state index contributed by atoms with van der Waals surface area (Å²) in [6.07, 6.45) is 5.05. The number of ether oxygens (including phenoxy) is 2. The molecule has 0 heterocycles. The van der Waals surface area contributed by atoms with E-state index < -0.39 is 11.8 Å². The van der Waals surface area contributed by atoms with E-state index in [0.29, 0.717) is 6.42 Å². The first-order valence-electron chi connectivity index (χ1n) is 4.53. The van der Waals surface area contributed by atoms with Gasteiger partial charge >= 0.3 is 11.9 Å². The Bertz CT molecular complexity index is 257. The first-order valence-corrected chi connectivity index (χ1v) is 4.53. The largest absolute Gasteiger partial charge is 0.469 e. The van der Waals surface area contributed by atoms with Gasteiger partial charge in [0.15, 0.2) is 0 Å². The van der Waals surface area contributed by atoms with Gasteiger partial charge in [0.2, 0.25) is 0 Å². The van der Waals surface area contributed by atoms with Crippen LogP contribution in [0.3, 0.4) is 0 Å². The molecule has 0 amide bonds. The summed E-state index contributed by atoms with van der Waals surface area (Å²) in [7, 11) is 2.65. The van der Waals surface area contributed by atoms with E-state index in [9.17, 15) is 9.59 Å². The molecule has 4 heteroatoms. The van der Waals surface area contributed by atoms with Crippen molar-refractivity contribution in [2.24, 2.45) is 11.8 Å². The minimum absolute atomic E-state index is 0.343. The van der Waals surface area contributed by atoms with Crippen molar-refractivity contribution in [2.45, 2.75) is 12.8 Å². The Hall–Kier alpha value is -1.32. The summed E-state index contributed by atoms with van der Waals surface area (Å²) >= 11 is 0. The second-order valence-corrected chi connectivity index (χ2v) is 3.18. The van der Waals surface area contributed by atoms with E-state index in [1.807, 2.05) is 6.08 Å². The van der Waals surface area contributed by atoms with Crippen LogP contribution < -0.4 is 0 Å². The fraction of sp³-hybridized carbons (Fsp3) is 0.600. The number of carbonyl (C=O) groups excluding carboxylic acids is 2. The first kappa shape index (κ1) is 10.8. The van der Waals surface area contributed by atoms with Crippen LogP contribution in [0.5, 0.6) is 0 Å². The Morgan fingerprint density at radius 3 is 2.43 bits per heavy atom. The van der Waals surface area contributed by atoms with E-state index >= 15 is 0 Å². The minimum atomic E-state index is -0.485. The lowest BCUT2D eigenvalue weighted by Gasteiger charge is -2.22. The average molecular weight is 198 g/mol. The van der Waals surface area contributed by atoms with Crippen molar-refractivity contribution in [1.82, 2.24) is 0 Å². The second kappa shape index (κ2) is 4.79. The van der Waals surface area contributed by atoms with Gasteiger partial charge in [0.05, 0.1) is 26.1 Å². The molecule has 2 atom stereocenters. The topological polar surface area (TPSA) is 52.6 Å². The van der Waals surface area contributed by atoms with Crippen molar-refractivity contribution < 1.29 is 19.1 Å². The lowest BCUT2D eigenvalue weighted by Crippen LogP contribution is -2.31. The van der Waals surface area contributed by atoms with E-state index in [1.165, 1.54) is 14.2 Å². The van der Waals surface area contributed by atoms with E-state index in [1.54, 1.807) is 6.08 Å². The molecule has 14 heavy (non-hydrogen) atoms. The molecule has 0 saturated heterocycles. The number of esters is 2. The Kier molecular flexibility index (Phi) is 3.68. The zero-order valence-electron chi connectivity index (χ0n) is 8.36.